The second-order valence-corrected chi connectivity index (χ2v) is 6.35. The summed E-state index contributed by atoms with van der Waals surface area (Å²) in [5, 5.41) is 4.38. The van der Waals surface area contributed by atoms with Crippen LogP contribution in [0.2, 0.25) is 0 Å². The lowest BCUT2D eigenvalue weighted by Gasteiger charge is -2.23. The summed E-state index contributed by atoms with van der Waals surface area (Å²) < 4.78 is 1.96. The largest absolute Gasteiger partial charge is 0.334 e. The molecule has 1 atom stereocenters. The Morgan fingerprint density at radius 2 is 2.13 bits per heavy atom. The summed E-state index contributed by atoms with van der Waals surface area (Å²) in [7, 11) is 0. The van der Waals surface area contributed by atoms with E-state index in [2.05, 4.69) is 28.9 Å². The van der Waals surface area contributed by atoms with Crippen molar-refractivity contribution in [3.8, 4) is 11.4 Å². The van der Waals surface area contributed by atoms with Crippen molar-refractivity contribution in [1.29, 1.82) is 0 Å². The molecular weight excluding hydrogens is 290 g/mol. The summed E-state index contributed by atoms with van der Waals surface area (Å²) >= 11 is 0. The molecule has 2 aromatic rings. The smallest absolute Gasteiger partial charge is 0.220 e. The summed E-state index contributed by atoms with van der Waals surface area (Å²) in [4.78, 5) is 22.9. The Kier molecular flexibility index (Phi) is 4.15. The monoisotopic (exact) mass is 313 g/mol. The van der Waals surface area contributed by atoms with Crippen LogP contribution in [0, 0.1) is 6.92 Å². The van der Waals surface area contributed by atoms with Crippen LogP contribution in [-0.4, -0.2) is 37.1 Å². The van der Waals surface area contributed by atoms with E-state index >= 15 is 0 Å². The standard InChI is InChI=1S/C17H23N5O/c1-11(2)22-17(7-8-18-22)15-10-14(19-12(3)20-15)16-6-5-9-21(16)13(4)23/h7-8,10-11,16H,5-6,9H2,1-4H3/t16-/m0/s1. The highest BCUT2D eigenvalue weighted by atomic mass is 16.2. The highest BCUT2D eigenvalue weighted by molar-refractivity contribution is 5.74. The van der Waals surface area contributed by atoms with Crippen molar-refractivity contribution < 1.29 is 4.79 Å². The van der Waals surface area contributed by atoms with Crippen molar-refractivity contribution in [3.63, 3.8) is 0 Å². The first-order chi connectivity index (χ1) is 11.0. The third-order valence-electron chi connectivity index (χ3n) is 4.28. The van der Waals surface area contributed by atoms with Crippen LogP contribution in [0.1, 0.15) is 57.2 Å². The SMILES string of the molecule is CC(=O)N1CCC[C@H]1c1cc(-c2ccnn2C(C)C)nc(C)n1. The average Bonchev–Trinajstić information content (AvgIpc) is 3.15. The maximum Gasteiger partial charge on any atom is 0.220 e. The fourth-order valence-corrected chi connectivity index (χ4v) is 3.27. The molecular formula is C17H23N5O. The average molecular weight is 313 g/mol. The quantitative estimate of drug-likeness (QED) is 0.874. The van der Waals surface area contributed by atoms with Gasteiger partial charge in [-0.1, -0.05) is 0 Å². The number of amides is 1. The van der Waals surface area contributed by atoms with Crippen LogP contribution in [0.4, 0.5) is 0 Å². The van der Waals surface area contributed by atoms with Gasteiger partial charge in [-0.2, -0.15) is 5.10 Å². The summed E-state index contributed by atoms with van der Waals surface area (Å²) in [5.41, 5.74) is 2.78. The van der Waals surface area contributed by atoms with Crippen molar-refractivity contribution in [3.05, 3.63) is 29.8 Å². The van der Waals surface area contributed by atoms with Crippen LogP contribution < -0.4 is 0 Å². The Bertz CT molecular complexity index is 722. The fourth-order valence-electron chi connectivity index (χ4n) is 3.27. The lowest BCUT2D eigenvalue weighted by molar-refractivity contribution is -0.129. The Hall–Kier alpha value is -2.24. The summed E-state index contributed by atoms with van der Waals surface area (Å²) in [5.74, 6) is 0.835. The molecule has 1 fully saturated rings. The van der Waals surface area contributed by atoms with E-state index in [4.69, 9.17) is 0 Å². The predicted molar refractivity (Wildman–Crippen MR) is 87.7 cm³/mol. The summed E-state index contributed by atoms with van der Waals surface area (Å²) in [6.07, 6.45) is 3.77. The molecule has 0 N–H and O–H groups in total. The van der Waals surface area contributed by atoms with Gasteiger partial charge in [-0.25, -0.2) is 9.97 Å². The van der Waals surface area contributed by atoms with Gasteiger partial charge in [0.25, 0.3) is 0 Å². The zero-order valence-electron chi connectivity index (χ0n) is 14.2. The van der Waals surface area contributed by atoms with Gasteiger partial charge in [-0.05, 0) is 45.7 Å². The van der Waals surface area contributed by atoms with Gasteiger partial charge in [0.1, 0.15) is 5.82 Å². The number of carbonyl (C=O) groups is 1. The molecule has 0 aromatic carbocycles. The van der Waals surface area contributed by atoms with E-state index in [1.165, 1.54) is 0 Å². The number of hydrogen-bond acceptors (Lipinski definition) is 4. The first-order valence-corrected chi connectivity index (χ1v) is 8.14. The third-order valence-corrected chi connectivity index (χ3v) is 4.28. The van der Waals surface area contributed by atoms with Crippen LogP contribution in [0.5, 0.6) is 0 Å². The lowest BCUT2D eigenvalue weighted by Crippen LogP contribution is -2.28. The first-order valence-electron chi connectivity index (χ1n) is 8.14. The number of rotatable bonds is 3. The number of nitrogens with zero attached hydrogens (tertiary/aromatic N) is 5. The number of carbonyl (C=O) groups excluding carboxylic acids is 1. The number of likely N-dealkylation sites (tertiary alicyclic amines) is 1. The number of aryl methyl sites for hydroxylation is 1. The minimum atomic E-state index is 0.0587. The van der Waals surface area contributed by atoms with Crippen LogP contribution in [0.25, 0.3) is 11.4 Å². The molecule has 0 saturated carbocycles. The first kappa shape index (κ1) is 15.6. The predicted octanol–water partition coefficient (Wildman–Crippen LogP) is 2.91. The van der Waals surface area contributed by atoms with Gasteiger partial charge >= 0.3 is 0 Å². The van der Waals surface area contributed by atoms with Crippen LogP contribution >= 0.6 is 0 Å². The van der Waals surface area contributed by atoms with Gasteiger partial charge in [-0.3, -0.25) is 9.48 Å². The summed E-state index contributed by atoms with van der Waals surface area (Å²) in [6, 6.07) is 4.31. The minimum absolute atomic E-state index is 0.0587. The Morgan fingerprint density at radius 1 is 1.35 bits per heavy atom. The molecule has 0 unspecified atom stereocenters. The van der Waals surface area contributed by atoms with E-state index in [1.807, 2.05) is 28.6 Å². The highest BCUT2D eigenvalue weighted by Gasteiger charge is 2.29. The molecule has 23 heavy (non-hydrogen) atoms. The van der Waals surface area contributed by atoms with Crippen molar-refractivity contribution in [2.24, 2.45) is 0 Å². The van der Waals surface area contributed by atoms with Crippen LogP contribution in [0.15, 0.2) is 18.3 Å². The fraction of sp³-hybridized carbons (Fsp3) is 0.529. The molecule has 1 saturated heterocycles. The van der Waals surface area contributed by atoms with Gasteiger partial charge in [0.2, 0.25) is 5.91 Å². The molecule has 0 aliphatic carbocycles. The Morgan fingerprint density at radius 3 is 2.83 bits per heavy atom. The topological polar surface area (TPSA) is 63.9 Å². The maximum atomic E-state index is 11.8. The highest BCUT2D eigenvalue weighted by Crippen LogP contribution is 2.32. The normalized spacial score (nSPS) is 18.0. The Balaban J connectivity index is 2.03. The van der Waals surface area contributed by atoms with Crippen molar-refractivity contribution >= 4 is 5.91 Å². The van der Waals surface area contributed by atoms with Gasteiger partial charge in [0.15, 0.2) is 0 Å². The van der Waals surface area contributed by atoms with Gasteiger partial charge in [-0.15, -0.1) is 0 Å². The van der Waals surface area contributed by atoms with E-state index in [-0.39, 0.29) is 18.0 Å². The second-order valence-electron chi connectivity index (χ2n) is 6.35. The third kappa shape index (κ3) is 2.98. The Labute approximate surface area is 136 Å². The zero-order chi connectivity index (χ0) is 16.6. The van der Waals surface area contributed by atoms with E-state index in [1.54, 1.807) is 13.1 Å². The zero-order valence-corrected chi connectivity index (χ0v) is 14.2. The molecule has 6 nitrogen and oxygen atoms in total. The molecule has 1 amide bonds. The molecule has 0 bridgehead atoms. The molecule has 122 valence electrons. The van der Waals surface area contributed by atoms with Crippen molar-refractivity contribution in [2.75, 3.05) is 6.54 Å². The van der Waals surface area contributed by atoms with Crippen molar-refractivity contribution in [2.45, 2.75) is 52.6 Å². The van der Waals surface area contributed by atoms with Crippen LogP contribution in [0.3, 0.4) is 0 Å². The minimum Gasteiger partial charge on any atom is -0.334 e. The summed E-state index contributed by atoms with van der Waals surface area (Å²) in [6.45, 7) is 8.53. The maximum absolute atomic E-state index is 11.8. The molecule has 6 heteroatoms. The van der Waals surface area contributed by atoms with Crippen LogP contribution in [-0.2, 0) is 4.79 Å². The van der Waals surface area contributed by atoms with Gasteiger partial charge < -0.3 is 4.90 Å². The van der Waals surface area contributed by atoms with E-state index in [0.717, 1.165) is 42.3 Å². The molecule has 0 radical (unpaired) electrons. The van der Waals surface area contributed by atoms with Gasteiger partial charge in [0.05, 0.1) is 23.1 Å². The molecule has 1 aliphatic rings. The van der Waals surface area contributed by atoms with E-state index in [0.29, 0.717) is 0 Å². The van der Waals surface area contributed by atoms with Gasteiger partial charge in [0, 0.05) is 25.7 Å². The number of aromatic nitrogens is 4. The molecule has 3 rings (SSSR count). The molecule has 3 heterocycles. The van der Waals surface area contributed by atoms with Crippen molar-refractivity contribution in [1.82, 2.24) is 24.6 Å². The molecule has 1 aliphatic heterocycles. The molecule has 2 aromatic heterocycles. The lowest BCUT2D eigenvalue weighted by atomic mass is 10.1. The van der Waals surface area contributed by atoms with E-state index in [9.17, 15) is 4.79 Å². The molecule has 0 spiro atoms. The number of hydrogen-bond donors (Lipinski definition) is 0. The van der Waals surface area contributed by atoms with E-state index < -0.39 is 0 Å². The second kappa shape index (κ2) is 6.10.